The summed E-state index contributed by atoms with van der Waals surface area (Å²) in [4.78, 5) is 48.6. The van der Waals surface area contributed by atoms with Crippen molar-refractivity contribution >= 4 is 25.7 Å². The Balaban J connectivity index is 4.88. The van der Waals surface area contributed by atoms with Crippen molar-refractivity contribution in [3.05, 3.63) is 134 Å². The van der Waals surface area contributed by atoms with Crippen LogP contribution >= 0.6 is 7.82 Å². The summed E-state index contributed by atoms with van der Waals surface area (Å²) >= 11 is 0. The van der Waals surface area contributed by atoms with E-state index < -0.39 is 64.4 Å². The molecule has 0 spiro atoms. The van der Waals surface area contributed by atoms with Gasteiger partial charge in [0.1, 0.15) is 12.7 Å². The average Bonchev–Trinajstić information content (AvgIpc) is 3.45. The number of hydrogen-bond donors (Lipinski definition) is 2. The highest BCUT2D eigenvalue weighted by atomic mass is 31.2. The van der Waals surface area contributed by atoms with Gasteiger partial charge in [-0.2, -0.15) is 0 Å². The van der Waals surface area contributed by atoms with Crippen LogP contribution in [0.25, 0.3) is 0 Å². The largest absolute Gasteiger partial charge is 0.472 e. The lowest BCUT2D eigenvalue weighted by Crippen LogP contribution is -2.30. The predicted molar refractivity (Wildman–Crippen MR) is 334 cm³/mol. The highest BCUT2D eigenvalue weighted by Gasteiger charge is 2.28. The number of phosphoric ester groups is 1. The Morgan fingerprint density at radius 2 is 0.675 bits per heavy atom. The molecule has 0 bridgehead atoms. The molecule has 11 nitrogen and oxygen atoms in total. The molecule has 0 aromatic heterocycles. The summed E-state index contributed by atoms with van der Waals surface area (Å²) in [5.74, 6) is -1.65. The second-order valence-corrected chi connectivity index (χ2v) is 21.6. The molecule has 3 unspecified atom stereocenters. The molecule has 0 amide bonds. The van der Waals surface area contributed by atoms with Crippen molar-refractivity contribution in [1.29, 1.82) is 0 Å². The van der Waals surface area contributed by atoms with Crippen molar-refractivity contribution in [2.75, 3.05) is 26.4 Å². The molecule has 3 atom stereocenters. The van der Waals surface area contributed by atoms with Gasteiger partial charge in [-0.05, 0) is 96.3 Å². The van der Waals surface area contributed by atoms with E-state index in [0.29, 0.717) is 32.1 Å². The number of carbonyl (C=O) groups is 3. The van der Waals surface area contributed by atoms with Crippen LogP contribution in [0.1, 0.15) is 239 Å². The van der Waals surface area contributed by atoms with Crippen LogP contribution in [-0.2, 0) is 42.2 Å². The normalized spacial score (nSPS) is 14.2. The zero-order valence-corrected chi connectivity index (χ0v) is 51.1. The maximum atomic E-state index is 12.9. The van der Waals surface area contributed by atoms with Crippen molar-refractivity contribution in [2.45, 2.75) is 251 Å². The fraction of sp³-hybridized carbons (Fsp3) is 0.632. The fourth-order valence-electron chi connectivity index (χ4n) is 7.95. The number of rotatable bonds is 56. The monoisotopic (exact) mass is 1130 g/mol. The molecule has 12 heteroatoms. The van der Waals surface area contributed by atoms with E-state index in [2.05, 4.69) is 136 Å². The van der Waals surface area contributed by atoms with Crippen LogP contribution in [0.3, 0.4) is 0 Å². The minimum Gasteiger partial charge on any atom is -0.462 e. The van der Waals surface area contributed by atoms with E-state index in [4.69, 9.17) is 23.3 Å². The van der Waals surface area contributed by atoms with E-state index in [1.165, 1.54) is 83.5 Å². The molecular formula is C68H111O11P. The molecule has 0 radical (unpaired) electrons. The number of unbranched alkanes of at least 4 members (excludes halogenated alkanes) is 17. The Labute approximate surface area is 487 Å². The minimum atomic E-state index is -4.79. The van der Waals surface area contributed by atoms with E-state index in [9.17, 15) is 28.9 Å². The van der Waals surface area contributed by atoms with Gasteiger partial charge in [-0.15, -0.1) is 0 Å². The smallest absolute Gasteiger partial charge is 0.462 e. The van der Waals surface area contributed by atoms with E-state index in [1.807, 2.05) is 18.2 Å². The number of allylic oxidation sites excluding steroid dienone is 22. The number of phosphoric acid groups is 1. The van der Waals surface area contributed by atoms with Gasteiger partial charge in [0.05, 0.1) is 19.8 Å². The van der Waals surface area contributed by atoms with Crippen molar-refractivity contribution in [3.8, 4) is 0 Å². The minimum absolute atomic E-state index is 0.0240. The lowest BCUT2D eigenvalue weighted by molar-refractivity contribution is -0.161. The predicted octanol–water partition coefficient (Wildman–Crippen LogP) is 18.9. The van der Waals surface area contributed by atoms with Crippen LogP contribution in [-0.4, -0.2) is 66.5 Å². The zero-order valence-electron chi connectivity index (χ0n) is 50.2. The van der Waals surface area contributed by atoms with E-state index >= 15 is 0 Å². The molecule has 0 aliphatic rings. The van der Waals surface area contributed by atoms with Gasteiger partial charge in [0, 0.05) is 19.3 Å². The quantitative estimate of drug-likeness (QED) is 0.0197. The molecule has 2 N–H and O–H groups in total. The van der Waals surface area contributed by atoms with Crippen LogP contribution in [0, 0.1) is 0 Å². The molecule has 0 saturated carbocycles. The summed E-state index contributed by atoms with van der Waals surface area (Å²) in [6, 6.07) is 0. The number of aliphatic hydroxyl groups is 1. The van der Waals surface area contributed by atoms with Gasteiger partial charge in [0.25, 0.3) is 0 Å². The summed E-state index contributed by atoms with van der Waals surface area (Å²) in [5.41, 5.74) is 0. The zero-order chi connectivity index (χ0) is 58.3. The van der Waals surface area contributed by atoms with Crippen LogP contribution in [0.5, 0.6) is 0 Å². The Morgan fingerprint density at radius 1 is 0.362 bits per heavy atom. The van der Waals surface area contributed by atoms with Crippen molar-refractivity contribution in [2.24, 2.45) is 0 Å². The lowest BCUT2D eigenvalue weighted by Gasteiger charge is -2.21. The van der Waals surface area contributed by atoms with Gasteiger partial charge in [0.15, 0.2) is 6.10 Å². The maximum absolute atomic E-state index is 12.9. The summed E-state index contributed by atoms with van der Waals surface area (Å²) in [6.07, 6.45) is 77.2. The Morgan fingerprint density at radius 3 is 1.06 bits per heavy atom. The summed E-state index contributed by atoms with van der Waals surface area (Å²) < 4.78 is 39.5. The highest BCUT2D eigenvalue weighted by Crippen LogP contribution is 2.43. The van der Waals surface area contributed by atoms with Crippen molar-refractivity contribution in [3.63, 3.8) is 0 Å². The molecule has 0 saturated heterocycles. The molecule has 0 aromatic rings. The number of ether oxygens (including phenoxy) is 3. The molecule has 0 rings (SSSR count). The van der Waals surface area contributed by atoms with Gasteiger partial charge in [-0.25, -0.2) is 4.57 Å². The van der Waals surface area contributed by atoms with Crippen LogP contribution < -0.4 is 0 Å². The summed E-state index contributed by atoms with van der Waals surface area (Å²) in [6.45, 7) is 4.28. The Kier molecular flexibility index (Phi) is 57.4. The first-order chi connectivity index (χ1) is 39.2. The third-order valence-corrected chi connectivity index (χ3v) is 13.5. The van der Waals surface area contributed by atoms with Crippen molar-refractivity contribution < 1.29 is 52.2 Å². The third-order valence-electron chi connectivity index (χ3n) is 12.6. The topological polar surface area (TPSA) is 155 Å². The van der Waals surface area contributed by atoms with E-state index in [1.54, 1.807) is 0 Å². The summed E-state index contributed by atoms with van der Waals surface area (Å²) in [5, 5.41) is 9.85. The Bertz CT molecular complexity index is 1850. The molecule has 0 aliphatic heterocycles. The number of carbonyl (C=O) groups excluding carboxylic acids is 3. The second kappa shape index (κ2) is 60.7. The van der Waals surface area contributed by atoms with Gasteiger partial charge in [-0.3, -0.25) is 23.4 Å². The summed E-state index contributed by atoms with van der Waals surface area (Å²) in [7, 11) is -4.79. The first-order valence-electron chi connectivity index (χ1n) is 31.1. The van der Waals surface area contributed by atoms with Crippen LogP contribution in [0.15, 0.2) is 134 Å². The van der Waals surface area contributed by atoms with Gasteiger partial charge >= 0.3 is 25.7 Å². The van der Waals surface area contributed by atoms with Gasteiger partial charge < -0.3 is 24.2 Å². The molecular weight excluding hydrogens is 1020 g/mol. The molecule has 454 valence electrons. The molecule has 0 fully saturated rings. The van der Waals surface area contributed by atoms with Crippen LogP contribution in [0.4, 0.5) is 0 Å². The first-order valence-corrected chi connectivity index (χ1v) is 32.6. The molecule has 0 aliphatic carbocycles. The molecule has 80 heavy (non-hydrogen) atoms. The standard InChI is InChI=1S/C68H111O11P/c1-4-7-10-13-16-19-22-25-28-31-32-35-38-41-44-47-50-53-56-59-68(72)79-65(61-75-66(70)57-54-51-48-45-42-39-36-33-29-26-23-20-17-14-11-8-5-2)63-77-80(73,74)76-62-64(60-69)78-67(71)58-55-52-49-46-43-40-37-34-30-27-24-21-18-15-12-9-6-3/h7-8,10-11,16-17,19-20,25-26,28-29,32,35-36,39,41,44-45,48,50,53,64-65,69H,4-6,9,12-15,18,21-24,27,30-31,33-34,37-38,40,42-43,46-47,49,51-52,54-63H2,1-3H3,(H,73,74)/b10-7-,11-8-,19-16-,20-17-,28-25-,29-26-,35-32-,39-36-,44-41-,48-45-,53-50-. The Hall–Kier alpha value is -4.38. The number of esters is 3. The second-order valence-electron chi connectivity index (χ2n) is 20.1. The van der Waals surface area contributed by atoms with Gasteiger partial charge in [0.2, 0.25) is 0 Å². The van der Waals surface area contributed by atoms with Crippen molar-refractivity contribution in [1.82, 2.24) is 0 Å². The van der Waals surface area contributed by atoms with Gasteiger partial charge in [-0.1, -0.05) is 257 Å². The van der Waals surface area contributed by atoms with E-state index in [0.717, 1.165) is 83.5 Å². The third kappa shape index (κ3) is 58.3. The SMILES string of the molecule is CC/C=C\C/C=C\C/C=C\C/C=C\C/C=C\C/C=C\CCC(=O)OC(COC(=O)CCC/C=C\C/C=C\C/C=C\C/C=C\C/C=C\CC)COP(=O)(O)OCC(CO)OC(=O)CCCCCCCCCCCCCCCCCCC. The van der Waals surface area contributed by atoms with Crippen LogP contribution in [0.2, 0.25) is 0 Å². The molecule has 0 aromatic carbocycles. The van der Waals surface area contributed by atoms with E-state index in [-0.39, 0.29) is 19.3 Å². The highest BCUT2D eigenvalue weighted by molar-refractivity contribution is 7.47. The number of hydrogen-bond acceptors (Lipinski definition) is 10. The average molecular weight is 1140 g/mol. The maximum Gasteiger partial charge on any atom is 0.472 e. The molecule has 0 heterocycles. The number of aliphatic hydroxyl groups excluding tert-OH is 1. The lowest BCUT2D eigenvalue weighted by atomic mass is 10.0. The first kappa shape index (κ1) is 75.6. The fourth-order valence-corrected chi connectivity index (χ4v) is 8.73.